The minimum absolute atomic E-state index is 0.277. The number of nitrogens with zero attached hydrogens (tertiary/aromatic N) is 3. The van der Waals surface area contributed by atoms with Gasteiger partial charge < -0.3 is 18.9 Å². The molecule has 5 rings (SSSR count). The fourth-order valence-electron chi connectivity index (χ4n) is 3.88. The van der Waals surface area contributed by atoms with Crippen LogP contribution in [0.25, 0.3) is 10.2 Å². The SMILES string of the molecule is COc1cc(/C=N/N(C(=O)c2ccc(Oc3ccccc3)cc2)c2nc3ccc(F)cc3s2)cc(OC)c1OC. The molecular formula is C30H24FN3O5S. The molecule has 1 amide bonds. The largest absolute Gasteiger partial charge is 0.493 e. The number of carbonyl (C=O) groups is 1. The zero-order valence-corrected chi connectivity index (χ0v) is 22.6. The molecular weight excluding hydrogens is 533 g/mol. The lowest BCUT2D eigenvalue weighted by Crippen LogP contribution is -2.25. The Kier molecular flexibility index (Phi) is 7.88. The number of hydrazone groups is 1. The maximum atomic E-state index is 13.9. The van der Waals surface area contributed by atoms with Gasteiger partial charge in [-0.15, -0.1) is 0 Å². The Morgan fingerprint density at radius 3 is 2.20 bits per heavy atom. The van der Waals surface area contributed by atoms with Gasteiger partial charge in [0.15, 0.2) is 11.5 Å². The first kappa shape index (κ1) is 26.6. The van der Waals surface area contributed by atoms with Gasteiger partial charge in [-0.2, -0.15) is 10.1 Å². The van der Waals surface area contributed by atoms with Crippen LogP contribution < -0.4 is 24.0 Å². The van der Waals surface area contributed by atoms with Crippen molar-refractivity contribution in [3.63, 3.8) is 0 Å². The number of carbonyl (C=O) groups excluding carboxylic acids is 1. The predicted molar refractivity (Wildman–Crippen MR) is 153 cm³/mol. The van der Waals surface area contributed by atoms with Crippen molar-refractivity contribution < 1.29 is 28.1 Å². The van der Waals surface area contributed by atoms with Gasteiger partial charge in [-0.3, -0.25) is 4.79 Å². The second-order valence-corrected chi connectivity index (χ2v) is 9.38. The van der Waals surface area contributed by atoms with Crippen LogP contribution in [0.2, 0.25) is 0 Å². The van der Waals surface area contributed by atoms with Crippen LogP contribution >= 0.6 is 11.3 Å². The summed E-state index contributed by atoms with van der Waals surface area (Å²) in [7, 11) is 4.54. The van der Waals surface area contributed by atoms with Crippen molar-refractivity contribution in [2.45, 2.75) is 0 Å². The average Bonchev–Trinajstić information content (AvgIpc) is 3.40. The number of fused-ring (bicyclic) bond motifs is 1. The van der Waals surface area contributed by atoms with Crippen molar-refractivity contribution in [2.75, 3.05) is 26.3 Å². The number of anilines is 1. The van der Waals surface area contributed by atoms with Crippen LogP contribution in [0.3, 0.4) is 0 Å². The van der Waals surface area contributed by atoms with Crippen LogP contribution in [0, 0.1) is 5.82 Å². The molecule has 0 fully saturated rings. The molecule has 4 aromatic carbocycles. The van der Waals surface area contributed by atoms with Crippen molar-refractivity contribution >= 4 is 38.8 Å². The first-order valence-electron chi connectivity index (χ1n) is 12.1. The Morgan fingerprint density at radius 2 is 1.55 bits per heavy atom. The summed E-state index contributed by atoms with van der Waals surface area (Å²) in [6.07, 6.45) is 1.49. The maximum Gasteiger partial charge on any atom is 0.280 e. The van der Waals surface area contributed by atoms with Crippen molar-refractivity contribution in [1.82, 2.24) is 4.98 Å². The molecule has 0 aliphatic carbocycles. The molecule has 0 unspecified atom stereocenters. The third kappa shape index (κ3) is 5.71. The number of rotatable bonds is 9. The molecule has 0 atom stereocenters. The Bertz CT molecular complexity index is 1650. The number of ether oxygens (including phenoxy) is 4. The molecule has 0 saturated carbocycles. The Morgan fingerprint density at radius 1 is 0.875 bits per heavy atom. The van der Waals surface area contributed by atoms with E-state index in [0.717, 1.165) is 11.3 Å². The van der Waals surface area contributed by atoms with Crippen LogP contribution in [-0.4, -0.2) is 38.4 Å². The predicted octanol–water partition coefficient (Wildman–Crippen LogP) is 6.93. The van der Waals surface area contributed by atoms with E-state index in [9.17, 15) is 9.18 Å². The number of thiazole rings is 1. The van der Waals surface area contributed by atoms with Gasteiger partial charge in [0.25, 0.3) is 5.91 Å². The van der Waals surface area contributed by atoms with Crippen LogP contribution in [0.15, 0.2) is 90.0 Å². The van der Waals surface area contributed by atoms with Gasteiger partial charge in [0.2, 0.25) is 10.9 Å². The van der Waals surface area contributed by atoms with Crippen LogP contribution in [0.1, 0.15) is 15.9 Å². The summed E-state index contributed by atoms with van der Waals surface area (Å²) in [6.45, 7) is 0. The smallest absolute Gasteiger partial charge is 0.280 e. The highest BCUT2D eigenvalue weighted by molar-refractivity contribution is 7.22. The number of benzene rings is 4. The normalized spacial score (nSPS) is 11.0. The monoisotopic (exact) mass is 557 g/mol. The fourth-order valence-corrected chi connectivity index (χ4v) is 4.83. The van der Waals surface area contributed by atoms with E-state index in [1.165, 1.54) is 44.7 Å². The molecule has 0 N–H and O–H groups in total. The second-order valence-electron chi connectivity index (χ2n) is 8.37. The molecule has 1 aromatic heterocycles. The standard InChI is InChI=1S/C30H24FN3O5S/c1-36-25-15-19(16-26(37-2)28(25)38-3)18-32-34(30-33-24-14-11-21(31)17-27(24)40-30)29(35)20-9-12-23(13-10-20)39-22-7-5-4-6-8-22/h4-18H,1-3H3/b32-18+. The number of amides is 1. The Labute approximate surface area is 233 Å². The molecule has 0 radical (unpaired) electrons. The van der Waals surface area contributed by atoms with E-state index in [1.807, 2.05) is 30.3 Å². The third-order valence-electron chi connectivity index (χ3n) is 5.80. The third-order valence-corrected chi connectivity index (χ3v) is 6.80. The topological polar surface area (TPSA) is 82.5 Å². The number of methoxy groups -OCH3 is 3. The molecule has 202 valence electrons. The lowest BCUT2D eigenvalue weighted by Gasteiger charge is -2.15. The average molecular weight is 558 g/mol. The molecule has 0 saturated heterocycles. The van der Waals surface area contributed by atoms with Gasteiger partial charge in [0, 0.05) is 11.1 Å². The van der Waals surface area contributed by atoms with Gasteiger partial charge in [0.1, 0.15) is 17.3 Å². The summed E-state index contributed by atoms with van der Waals surface area (Å²) in [5.41, 5.74) is 1.49. The van der Waals surface area contributed by atoms with Gasteiger partial charge in [0.05, 0.1) is 37.8 Å². The summed E-state index contributed by atoms with van der Waals surface area (Å²) in [4.78, 5) is 18.3. The van der Waals surface area contributed by atoms with Crippen LogP contribution in [0.5, 0.6) is 28.7 Å². The first-order valence-corrected chi connectivity index (χ1v) is 12.9. The summed E-state index contributed by atoms with van der Waals surface area (Å²) >= 11 is 1.15. The zero-order valence-electron chi connectivity index (χ0n) is 21.8. The molecule has 5 aromatic rings. The van der Waals surface area contributed by atoms with Crippen LogP contribution in [0.4, 0.5) is 9.52 Å². The number of aromatic nitrogens is 1. The molecule has 8 nitrogen and oxygen atoms in total. The zero-order chi connectivity index (χ0) is 28.1. The highest BCUT2D eigenvalue weighted by atomic mass is 32.1. The van der Waals surface area contributed by atoms with Gasteiger partial charge in [-0.1, -0.05) is 29.5 Å². The van der Waals surface area contributed by atoms with Crippen molar-refractivity contribution in [2.24, 2.45) is 5.10 Å². The van der Waals surface area contributed by atoms with Gasteiger partial charge in [-0.05, 0) is 66.7 Å². The quantitative estimate of drug-likeness (QED) is 0.144. The number of hydrogen-bond donors (Lipinski definition) is 0. The minimum Gasteiger partial charge on any atom is -0.493 e. The highest BCUT2D eigenvalue weighted by Gasteiger charge is 2.22. The fraction of sp³-hybridized carbons (Fsp3) is 0.100. The van der Waals surface area contributed by atoms with Crippen molar-refractivity contribution in [3.8, 4) is 28.7 Å². The maximum absolute atomic E-state index is 13.9. The first-order chi connectivity index (χ1) is 19.5. The van der Waals surface area contributed by atoms with E-state index in [1.54, 1.807) is 42.5 Å². The molecule has 1 heterocycles. The van der Waals surface area contributed by atoms with E-state index >= 15 is 0 Å². The minimum atomic E-state index is -0.436. The van der Waals surface area contributed by atoms with E-state index in [-0.39, 0.29) is 5.13 Å². The summed E-state index contributed by atoms with van der Waals surface area (Å²) in [6, 6.07) is 23.7. The molecule has 0 aliphatic heterocycles. The van der Waals surface area contributed by atoms with Crippen molar-refractivity contribution in [3.05, 3.63) is 102 Å². The van der Waals surface area contributed by atoms with Gasteiger partial charge in [-0.25, -0.2) is 9.37 Å². The van der Waals surface area contributed by atoms with E-state index in [0.29, 0.717) is 50.1 Å². The summed E-state index contributed by atoms with van der Waals surface area (Å²) < 4.78 is 36.5. The van der Waals surface area contributed by atoms with E-state index < -0.39 is 11.7 Å². The molecule has 40 heavy (non-hydrogen) atoms. The second kappa shape index (κ2) is 11.8. The number of halogens is 1. The molecule has 0 spiro atoms. The summed E-state index contributed by atoms with van der Waals surface area (Å²) in [5.74, 6) is 1.73. The highest BCUT2D eigenvalue weighted by Crippen LogP contribution is 2.38. The number of para-hydroxylation sites is 1. The van der Waals surface area contributed by atoms with Crippen LogP contribution in [-0.2, 0) is 0 Å². The lowest BCUT2D eigenvalue weighted by molar-refractivity contribution is 0.0988. The van der Waals surface area contributed by atoms with E-state index in [2.05, 4.69) is 10.1 Å². The lowest BCUT2D eigenvalue weighted by atomic mass is 10.2. The number of hydrogen-bond acceptors (Lipinski definition) is 8. The van der Waals surface area contributed by atoms with Gasteiger partial charge >= 0.3 is 0 Å². The summed E-state index contributed by atoms with van der Waals surface area (Å²) in [5, 5.41) is 5.94. The Hall–Kier alpha value is -4.96. The molecule has 0 bridgehead atoms. The molecule has 10 heteroatoms. The molecule has 0 aliphatic rings. The van der Waals surface area contributed by atoms with E-state index in [4.69, 9.17) is 18.9 Å². The van der Waals surface area contributed by atoms with Crippen molar-refractivity contribution in [1.29, 1.82) is 0 Å². The Balaban J connectivity index is 1.50.